The number of para-hydroxylation sites is 1. The highest BCUT2D eigenvalue weighted by molar-refractivity contribution is 6.33. The summed E-state index contributed by atoms with van der Waals surface area (Å²) in [5, 5.41) is 0.435. The van der Waals surface area contributed by atoms with E-state index in [1.54, 1.807) is 24.3 Å². The number of hydrogen-bond acceptors (Lipinski definition) is 6. The number of amides is 1. The van der Waals surface area contributed by atoms with Crippen LogP contribution in [0.5, 0.6) is 11.5 Å². The average molecular weight is 404 g/mol. The van der Waals surface area contributed by atoms with Gasteiger partial charge in [-0.15, -0.1) is 0 Å². The van der Waals surface area contributed by atoms with Crippen LogP contribution in [0.2, 0.25) is 5.02 Å². The number of rotatable bonds is 5. The molecule has 0 saturated carbocycles. The monoisotopic (exact) mass is 403 g/mol. The van der Waals surface area contributed by atoms with Gasteiger partial charge in [0.15, 0.2) is 11.5 Å². The Bertz CT molecular complexity index is 929. The van der Waals surface area contributed by atoms with Gasteiger partial charge in [0.1, 0.15) is 0 Å². The zero-order valence-corrected chi connectivity index (χ0v) is 16.1. The maximum atomic E-state index is 12.6. The van der Waals surface area contributed by atoms with Gasteiger partial charge in [-0.2, -0.15) is 0 Å². The maximum absolute atomic E-state index is 12.6. The Balaban J connectivity index is 1.74. The fourth-order valence-corrected chi connectivity index (χ4v) is 3.20. The second-order valence-electron chi connectivity index (χ2n) is 6.14. The first-order valence-corrected chi connectivity index (χ1v) is 8.85. The van der Waals surface area contributed by atoms with Crippen molar-refractivity contribution >= 4 is 35.1 Å². The van der Waals surface area contributed by atoms with E-state index in [-0.39, 0.29) is 35.9 Å². The Morgan fingerprint density at radius 1 is 1.11 bits per heavy atom. The number of nitrogens with zero attached hydrogens (tertiary/aromatic N) is 1. The van der Waals surface area contributed by atoms with Crippen molar-refractivity contribution in [1.82, 2.24) is 0 Å². The Kier molecular flexibility index (Phi) is 5.84. The lowest BCUT2D eigenvalue weighted by Gasteiger charge is -2.18. The first kappa shape index (κ1) is 19.7. The average Bonchev–Trinajstić information content (AvgIpc) is 3.09. The molecule has 1 atom stereocenters. The molecular weight excluding hydrogens is 386 g/mol. The fourth-order valence-electron chi connectivity index (χ4n) is 2.96. The van der Waals surface area contributed by atoms with E-state index in [1.165, 1.54) is 37.3 Å². The summed E-state index contributed by atoms with van der Waals surface area (Å²) >= 11 is 6.15. The van der Waals surface area contributed by atoms with E-state index in [9.17, 15) is 14.4 Å². The van der Waals surface area contributed by atoms with Gasteiger partial charge in [-0.1, -0.05) is 23.7 Å². The summed E-state index contributed by atoms with van der Waals surface area (Å²) in [7, 11) is 2.66. The van der Waals surface area contributed by atoms with Crippen LogP contribution in [0.4, 0.5) is 5.69 Å². The molecule has 1 amide bonds. The van der Waals surface area contributed by atoms with E-state index in [2.05, 4.69) is 4.74 Å². The van der Waals surface area contributed by atoms with Gasteiger partial charge in [0.25, 0.3) is 0 Å². The van der Waals surface area contributed by atoms with Crippen molar-refractivity contribution in [3.63, 3.8) is 0 Å². The van der Waals surface area contributed by atoms with Crippen LogP contribution in [0.25, 0.3) is 0 Å². The molecule has 146 valence electrons. The standard InChI is InChI=1S/C20H18ClNO6/c1-26-17-9-12(19(24)27-2)7-8-16(17)28-20(25)13-10-18(23)22(11-13)15-6-4-3-5-14(15)21/h3-9,13H,10-11H2,1-2H3/t13-/m1/s1. The van der Waals surface area contributed by atoms with Gasteiger partial charge in [-0.25, -0.2) is 4.79 Å². The molecule has 1 aliphatic heterocycles. The summed E-state index contributed by atoms with van der Waals surface area (Å²) in [5.74, 6) is -1.58. The normalized spacial score (nSPS) is 16.0. The second kappa shape index (κ2) is 8.31. The van der Waals surface area contributed by atoms with Crippen molar-refractivity contribution in [2.24, 2.45) is 5.92 Å². The van der Waals surface area contributed by atoms with E-state index in [0.29, 0.717) is 10.7 Å². The number of benzene rings is 2. The van der Waals surface area contributed by atoms with Crippen LogP contribution in [-0.4, -0.2) is 38.6 Å². The molecule has 0 bridgehead atoms. The zero-order valence-electron chi connectivity index (χ0n) is 15.3. The van der Waals surface area contributed by atoms with Gasteiger partial charge < -0.3 is 19.1 Å². The number of carbonyl (C=O) groups is 3. The lowest BCUT2D eigenvalue weighted by molar-refractivity contribution is -0.139. The quantitative estimate of drug-likeness (QED) is 0.563. The Hall–Kier alpha value is -3.06. The smallest absolute Gasteiger partial charge is 0.337 e. The fraction of sp³-hybridized carbons (Fsp3) is 0.250. The molecule has 1 heterocycles. The van der Waals surface area contributed by atoms with Crippen LogP contribution in [0, 0.1) is 5.92 Å². The Labute approximate surface area is 166 Å². The predicted octanol–water partition coefficient (Wildman–Crippen LogP) is 3.09. The summed E-state index contributed by atoms with van der Waals surface area (Å²) in [5.41, 5.74) is 0.824. The van der Waals surface area contributed by atoms with Crippen molar-refractivity contribution in [2.75, 3.05) is 25.7 Å². The van der Waals surface area contributed by atoms with Gasteiger partial charge in [0.05, 0.1) is 36.4 Å². The lowest BCUT2D eigenvalue weighted by atomic mass is 10.1. The highest BCUT2D eigenvalue weighted by atomic mass is 35.5. The number of esters is 2. The van der Waals surface area contributed by atoms with Crippen LogP contribution in [0.1, 0.15) is 16.8 Å². The van der Waals surface area contributed by atoms with Crippen LogP contribution in [0.3, 0.4) is 0 Å². The highest BCUT2D eigenvalue weighted by Gasteiger charge is 2.37. The minimum absolute atomic E-state index is 0.0205. The summed E-state index contributed by atoms with van der Waals surface area (Å²) in [4.78, 5) is 38.0. The van der Waals surface area contributed by atoms with Crippen molar-refractivity contribution < 1.29 is 28.6 Å². The van der Waals surface area contributed by atoms with Crippen LogP contribution < -0.4 is 14.4 Å². The summed E-state index contributed by atoms with van der Waals surface area (Å²) in [6.07, 6.45) is 0.0205. The van der Waals surface area contributed by atoms with Gasteiger partial charge in [0.2, 0.25) is 5.91 Å². The predicted molar refractivity (Wildman–Crippen MR) is 102 cm³/mol. The number of hydrogen-bond donors (Lipinski definition) is 0. The van der Waals surface area contributed by atoms with Crippen molar-refractivity contribution in [2.45, 2.75) is 6.42 Å². The summed E-state index contributed by atoms with van der Waals surface area (Å²) in [6.45, 7) is 0.171. The van der Waals surface area contributed by atoms with Crippen molar-refractivity contribution in [3.05, 3.63) is 53.1 Å². The van der Waals surface area contributed by atoms with Crippen LogP contribution >= 0.6 is 11.6 Å². The zero-order chi connectivity index (χ0) is 20.3. The lowest BCUT2D eigenvalue weighted by Crippen LogP contribution is -2.27. The molecule has 0 aliphatic carbocycles. The molecule has 1 saturated heterocycles. The molecule has 8 heteroatoms. The van der Waals surface area contributed by atoms with Crippen molar-refractivity contribution in [3.8, 4) is 11.5 Å². The molecule has 7 nitrogen and oxygen atoms in total. The molecule has 0 radical (unpaired) electrons. The molecule has 0 unspecified atom stereocenters. The van der Waals surface area contributed by atoms with Gasteiger partial charge >= 0.3 is 11.9 Å². The van der Waals surface area contributed by atoms with E-state index >= 15 is 0 Å². The molecule has 28 heavy (non-hydrogen) atoms. The third-order valence-corrected chi connectivity index (χ3v) is 4.72. The van der Waals surface area contributed by atoms with Gasteiger partial charge in [0, 0.05) is 13.0 Å². The second-order valence-corrected chi connectivity index (χ2v) is 6.54. The first-order valence-electron chi connectivity index (χ1n) is 8.47. The Morgan fingerprint density at radius 3 is 2.54 bits per heavy atom. The molecule has 2 aromatic rings. The molecule has 0 aromatic heterocycles. The number of anilines is 1. The molecule has 1 aliphatic rings. The largest absolute Gasteiger partial charge is 0.493 e. The summed E-state index contributed by atoms with van der Waals surface area (Å²) in [6, 6.07) is 11.3. The van der Waals surface area contributed by atoms with Crippen LogP contribution in [-0.2, 0) is 14.3 Å². The molecule has 0 N–H and O–H groups in total. The first-order chi connectivity index (χ1) is 13.4. The number of carbonyl (C=O) groups excluding carboxylic acids is 3. The minimum atomic E-state index is -0.645. The van der Waals surface area contributed by atoms with Gasteiger partial charge in [-0.3, -0.25) is 9.59 Å². The molecule has 2 aromatic carbocycles. The molecule has 1 fully saturated rings. The van der Waals surface area contributed by atoms with E-state index in [0.717, 1.165) is 0 Å². The topological polar surface area (TPSA) is 82.1 Å². The molecular formula is C20H18ClNO6. The number of ether oxygens (including phenoxy) is 3. The number of halogens is 1. The van der Waals surface area contributed by atoms with Crippen molar-refractivity contribution in [1.29, 1.82) is 0 Å². The Morgan fingerprint density at radius 2 is 1.86 bits per heavy atom. The maximum Gasteiger partial charge on any atom is 0.337 e. The molecule has 0 spiro atoms. The molecule has 3 rings (SSSR count). The van der Waals surface area contributed by atoms with Crippen LogP contribution in [0.15, 0.2) is 42.5 Å². The summed E-state index contributed by atoms with van der Waals surface area (Å²) < 4.78 is 15.3. The third kappa shape index (κ3) is 3.94. The minimum Gasteiger partial charge on any atom is -0.493 e. The van der Waals surface area contributed by atoms with E-state index < -0.39 is 17.9 Å². The highest BCUT2D eigenvalue weighted by Crippen LogP contribution is 2.33. The number of methoxy groups -OCH3 is 2. The van der Waals surface area contributed by atoms with E-state index in [1.807, 2.05) is 0 Å². The van der Waals surface area contributed by atoms with E-state index in [4.69, 9.17) is 21.1 Å². The third-order valence-electron chi connectivity index (χ3n) is 4.40. The SMILES string of the molecule is COC(=O)c1ccc(OC(=O)[C@@H]2CC(=O)N(c3ccccc3Cl)C2)c(OC)c1. The van der Waals surface area contributed by atoms with Gasteiger partial charge in [-0.05, 0) is 30.3 Å².